The second kappa shape index (κ2) is 14.3. The third-order valence-corrected chi connectivity index (χ3v) is 7.96. The summed E-state index contributed by atoms with van der Waals surface area (Å²) in [6.45, 7) is 6.83. The summed E-state index contributed by atoms with van der Waals surface area (Å²) in [7, 11) is 1.83. The zero-order chi connectivity index (χ0) is 32.2. The summed E-state index contributed by atoms with van der Waals surface area (Å²) < 4.78 is 6.33. The van der Waals surface area contributed by atoms with E-state index >= 15 is 0 Å². The molecule has 0 saturated heterocycles. The molecule has 2 aromatic heterocycles. The Labute approximate surface area is 270 Å². The van der Waals surface area contributed by atoms with Crippen molar-refractivity contribution in [1.29, 1.82) is 0 Å². The Balaban J connectivity index is 0.000000268. The van der Waals surface area contributed by atoms with Crippen molar-refractivity contribution in [2.24, 2.45) is 5.73 Å². The van der Waals surface area contributed by atoms with Gasteiger partial charge in [-0.1, -0.05) is 30.9 Å². The molecule has 3 heterocycles. The fourth-order valence-corrected chi connectivity index (χ4v) is 5.54. The number of aromatic nitrogens is 4. The van der Waals surface area contributed by atoms with Gasteiger partial charge >= 0.3 is 11.9 Å². The minimum atomic E-state index is -1.27. The van der Waals surface area contributed by atoms with Crippen molar-refractivity contribution >= 4 is 41.9 Å². The summed E-state index contributed by atoms with van der Waals surface area (Å²) in [6, 6.07) is 10.3. The van der Waals surface area contributed by atoms with E-state index in [1.807, 2.05) is 38.2 Å². The highest BCUT2D eigenvalue weighted by molar-refractivity contribution is 5.97. The van der Waals surface area contributed by atoms with Gasteiger partial charge in [0.25, 0.3) is 17.6 Å². The quantitative estimate of drug-likeness (QED) is 0.199. The van der Waals surface area contributed by atoms with Crippen molar-refractivity contribution in [3.8, 4) is 0 Å². The Morgan fingerprint density at radius 2 is 1.98 bits per heavy atom. The van der Waals surface area contributed by atoms with E-state index in [-0.39, 0.29) is 48.1 Å². The van der Waals surface area contributed by atoms with Crippen LogP contribution in [0.5, 0.6) is 0 Å². The number of benzene rings is 2. The first kappa shape index (κ1) is 33.7. The number of nitrogens with one attached hydrogen (secondary N) is 1. The number of carboxylic acids is 1. The number of nitrogens with zero attached hydrogens (tertiary/aromatic N) is 5. The van der Waals surface area contributed by atoms with Gasteiger partial charge in [0.05, 0.1) is 11.6 Å². The Kier molecular flexibility index (Phi) is 10.5. The fourth-order valence-electron chi connectivity index (χ4n) is 5.54. The molecule has 240 valence electrons. The van der Waals surface area contributed by atoms with E-state index in [2.05, 4.69) is 27.0 Å². The van der Waals surface area contributed by atoms with E-state index in [4.69, 9.17) is 10.5 Å². The van der Waals surface area contributed by atoms with Crippen LogP contribution >= 0.6 is 12.4 Å². The number of hydrogen-bond donors (Lipinski definition) is 3. The van der Waals surface area contributed by atoms with E-state index in [1.54, 1.807) is 11.0 Å². The van der Waals surface area contributed by atoms with Gasteiger partial charge in [0.1, 0.15) is 18.6 Å². The number of carbonyl (C=O) groups excluding carboxylic acids is 3. The van der Waals surface area contributed by atoms with Gasteiger partial charge in [-0.2, -0.15) is 14.6 Å². The van der Waals surface area contributed by atoms with E-state index in [9.17, 15) is 24.3 Å². The van der Waals surface area contributed by atoms with Gasteiger partial charge in [0.2, 0.25) is 0 Å². The van der Waals surface area contributed by atoms with Crippen LogP contribution in [0.1, 0.15) is 82.0 Å². The molecular weight excluding hydrogens is 614 g/mol. The lowest BCUT2D eigenvalue weighted by atomic mass is 9.97. The largest absolute Gasteiger partial charge is 0.477 e. The molecule has 0 radical (unpaired) electrons. The highest BCUT2D eigenvalue weighted by atomic mass is 35.5. The minimum Gasteiger partial charge on any atom is -0.477 e. The number of halogens is 1. The summed E-state index contributed by atoms with van der Waals surface area (Å²) in [5.41, 5.74) is 11.5. The Hall–Kier alpha value is -5.14. The number of likely N-dealkylation sites (N-methyl/N-ethyl adjacent to an activating group) is 1. The van der Waals surface area contributed by atoms with Gasteiger partial charge in [-0.15, -0.1) is 12.4 Å². The number of amides is 2. The molecule has 13 nitrogen and oxygen atoms in total. The van der Waals surface area contributed by atoms with Crippen molar-refractivity contribution < 1.29 is 29.0 Å². The van der Waals surface area contributed by atoms with Crippen LogP contribution in [0.4, 0.5) is 0 Å². The smallest absolute Gasteiger partial charge is 0.354 e. The number of nitrogens with two attached hydrogens (primary N) is 1. The van der Waals surface area contributed by atoms with Crippen molar-refractivity contribution in [3.63, 3.8) is 0 Å². The first-order valence-corrected chi connectivity index (χ1v) is 14.4. The maximum Gasteiger partial charge on any atom is 0.354 e. The Morgan fingerprint density at radius 3 is 2.70 bits per heavy atom. The standard InChI is InChI=1S/C21H19N5O5.C11H14N2O.ClH/c1-3-8-31-20(30)13-4-5-14-12(11(13)2)6-7-15(14)24-18(27)17-9-16(19(28)29)25-21-22-10-23-26(17)21;1-13-5-4-9-3-2-8(7-12)6-10(9)11(13)14;/h3-5,9-10,15H,1,6-8H2,2H3,(H,24,27)(H,28,29);2-3,6H,4-5,7,12H2,1H3;1H/t15-;;/m0../s1. The van der Waals surface area contributed by atoms with E-state index in [0.29, 0.717) is 24.9 Å². The number of carbonyl (C=O) groups is 4. The van der Waals surface area contributed by atoms with Gasteiger partial charge in [0.15, 0.2) is 5.69 Å². The van der Waals surface area contributed by atoms with E-state index in [1.165, 1.54) is 23.0 Å². The highest BCUT2D eigenvalue weighted by Crippen LogP contribution is 2.35. The highest BCUT2D eigenvalue weighted by Gasteiger charge is 2.29. The zero-order valence-corrected chi connectivity index (χ0v) is 26.2. The molecule has 0 saturated carbocycles. The summed E-state index contributed by atoms with van der Waals surface area (Å²) in [5.74, 6) is -2.04. The van der Waals surface area contributed by atoms with Crippen molar-refractivity contribution in [3.05, 3.63) is 106 Å². The molecule has 2 aliphatic rings. The van der Waals surface area contributed by atoms with Gasteiger partial charge in [-0.05, 0) is 66.1 Å². The lowest BCUT2D eigenvalue weighted by Gasteiger charge is -2.25. The average molecular weight is 648 g/mol. The molecule has 4 aromatic rings. The van der Waals surface area contributed by atoms with Crippen LogP contribution in [0.2, 0.25) is 0 Å². The summed E-state index contributed by atoms with van der Waals surface area (Å²) in [5, 5.41) is 16.2. The molecule has 6 rings (SSSR count). The molecule has 2 aromatic carbocycles. The second-order valence-corrected chi connectivity index (χ2v) is 10.7. The number of carboxylic acid groups (broad SMARTS) is 1. The lowest BCUT2D eigenvalue weighted by Crippen LogP contribution is -2.34. The third kappa shape index (κ3) is 6.75. The number of hydrogen-bond acceptors (Lipinski definition) is 9. The molecule has 0 spiro atoms. The molecule has 2 amide bonds. The van der Waals surface area contributed by atoms with Crippen molar-refractivity contribution in [1.82, 2.24) is 29.8 Å². The predicted molar refractivity (Wildman–Crippen MR) is 170 cm³/mol. The molecule has 46 heavy (non-hydrogen) atoms. The first-order valence-electron chi connectivity index (χ1n) is 14.4. The molecule has 0 unspecified atom stereocenters. The topological polar surface area (TPSA) is 182 Å². The molecule has 0 fully saturated rings. The maximum absolute atomic E-state index is 13.0. The molecule has 1 aliphatic carbocycles. The summed E-state index contributed by atoms with van der Waals surface area (Å²) >= 11 is 0. The number of aromatic carboxylic acids is 1. The Morgan fingerprint density at radius 1 is 1.20 bits per heavy atom. The van der Waals surface area contributed by atoms with Crippen LogP contribution in [-0.2, 0) is 24.1 Å². The number of esters is 1. The number of fused-ring (bicyclic) bond motifs is 3. The van der Waals surface area contributed by atoms with E-state index < -0.39 is 17.8 Å². The number of rotatable bonds is 7. The molecule has 0 bridgehead atoms. The number of ether oxygens (including phenoxy) is 1. The summed E-state index contributed by atoms with van der Waals surface area (Å²) in [6.07, 6.45) is 4.98. The van der Waals surface area contributed by atoms with Gasteiger partial charge in [-0.3, -0.25) is 9.59 Å². The lowest BCUT2D eigenvalue weighted by molar-refractivity contribution is 0.0547. The average Bonchev–Trinajstić information content (AvgIpc) is 3.69. The monoisotopic (exact) mass is 647 g/mol. The van der Waals surface area contributed by atoms with Crippen LogP contribution in [0.3, 0.4) is 0 Å². The first-order chi connectivity index (χ1) is 21.6. The van der Waals surface area contributed by atoms with Crippen LogP contribution in [0.15, 0.2) is 55.4 Å². The molecule has 1 aliphatic heterocycles. The third-order valence-electron chi connectivity index (χ3n) is 7.96. The molecule has 1 atom stereocenters. The van der Waals surface area contributed by atoms with Crippen LogP contribution < -0.4 is 11.1 Å². The van der Waals surface area contributed by atoms with Crippen LogP contribution in [0, 0.1) is 6.92 Å². The van der Waals surface area contributed by atoms with Gasteiger partial charge in [-0.25, -0.2) is 14.6 Å². The van der Waals surface area contributed by atoms with Crippen molar-refractivity contribution in [2.75, 3.05) is 20.2 Å². The molecule has 4 N–H and O–H groups in total. The summed E-state index contributed by atoms with van der Waals surface area (Å²) in [4.78, 5) is 57.8. The van der Waals surface area contributed by atoms with Crippen LogP contribution in [0.25, 0.3) is 5.78 Å². The Bertz CT molecular complexity index is 1840. The second-order valence-electron chi connectivity index (χ2n) is 10.7. The molecule has 14 heteroatoms. The maximum atomic E-state index is 13.0. The fraction of sp³-hybridized carbons (Fsp3) is 0.281. The van der Waals surface area contributed by atoms with E-state index in [0.717, 1.165) is 46.3 Å². The van der Waals surface area contributed by atoms with Crippen LogP contribution in [-0.4, -0.2) is 73.5 Å². The van der Waals surface area contributed by atoms with Crippen molar-refractivity contribution in [2.45, 2.75) is 38.8 Å². The minimum absolute atomic E-state index is 0. The van der Waals surface area contributed by atoms with Gasteiger partial charge in [0, 0.05) is 31.8 Å². The zero-order valence-electron chi connectivity index (χ0n) is 25.4. The SMILES string of the molecule is C=CCOC(=O)c1ccc2c(c1C)CC[C@@H]2NC(=O)c1cc(C(=O)O)nc2ncnn12.CN1CCc2ccc(CN)cc2C1=O.Cl. The predicted octanol–water partition coefficient (Wildman–Crippen LogP) is 3.09. The normalized spacial score (nSPS) is 14.7. The molecular formula is C32H34ClN7O6. The van der Waals surface area contributed by atoms with Gasteiger partial charge < -0.3 is 25.8 Å².